The Kier molecular flexibility index (Phi) is 3.69. The summed E-state index contributed by atoms with van der Waals surface area (Å²) in [7, 11) is 0. The van der Waals surface area contributed by atoms with Crippen molar-refractivity contribution in [2.75, 3.05) is 4.90 Å². The van der Waals surface area contributed by atoms with Gasteiger partial charge in [0.2, 0.25) is 0 Å². The van der Waals surface area contributed by atoms with E-state index in [1.54, 1.807) is 24.3 Å². The van der Waals surface area contributed by atoms with Gasteiger partial charge in [-0.3, -0.25) is 0 Å². The van der Waals surface area contributed by atoms with Crippen LogP contribution in [0.4, 0.5) is 5.69 Å². The molecule has 18 heavy (non-hydrogen) atoms. The van der Waals surface area contributed by atoms with E-state index in [1.165, 1.54) is 4.90 Å². The van der Waals surface area contributed by atoms with Gasteiger partial charge in [0.05, 0.1) is 0 Å². The van der Waals surface area contributed by atoms with Gasteiger partial charge in [0.1, 0.15) is 0 Å². The van der Waals surface area contributed by atoms with Gasteiger partial charge in [-0.1, -0.05) is 0 Å². The Labute approximate surface area is 115 Å². The molecule has 1 fully saturated rings. The van der Waals surface area contributed by atoms with E-state index in [0.29, 0.717) is 20.6 Å². The van der Waals surface area contributed by atoms with Crippen molar-refractivity contribution in [3.63, 3.8) is 0 Å². The molecule has 1 heterocycles. The van der Waals surface area contributed by atoms with Crippen molar-refractivity contribution >= 4 is 38.2 Å². The summed E-state index contributed by atoms with van der Waals surface area (Å²) in [5, 5.41) is 18.7. The summed E-state index contributed by atoms with van der Waals surface area (Å²) in [5.74, 6) is -0.0877. The number of benzene rings is 1. The first kappa shape index (κ1) is 12.7. The molecule has 0 aliphatic carbocycles. The van der Waals surface area contributed by atoms with Crippen molar-refractivity contribution in [2.45, 2.75) is 5.32 Å². The Bertz CT molecular complexity index is 594. The van der Waals surface area contributed by atoms with Crippen molar-refractivity contribution in [1.29, 1.82) is 10.5 Å². The summed E-state index contributed by atoms with van der Waals surface area (Å²) in [4.78, 5) is 13.3. The topological polar surface area (TPSA) is 67.9 Å². The van der Waals surface area contributed by atoms with Gasteiger partial charge in [-0.2, -0.15) is 0 Å². The van der Waals surface area contributed by atoms with Gasteiger partial charge in [0.25, 0.3) is 0 Å². The first-order valence-electron chi connectivity index (χ1n) is 4.93. The first-order valence-corrected chi connectivity index (χ1v) is 7.37. The molecule has 0 saturated carbocycles. The average molecular weight is 323 g/mol. The maximum atomic E-state index is 11.9. The van der Waals surface area contributed by atoms with E-state index in [0.717, 1.165) is 0 Å². The van der Waals surface area contributed by atoms with Crippen molar-refractivity contribution in [3.05, 3.63) is 39.5 Å². The van der Waals surface area contributed by atoms with Gasteiger partial charge in [-0.05, 0) is 0 Å². The third kappa shape index (κ3) is 2.25. The number of nitrogens with zero attached hydrogens (tertiary/aromatic N) is 3. The minimum atomic E-state index is -0.169. The van der Waals surface area contributed by atoms with Crippen LogP contribution in [0.3, 0.4) is 0 Å². The summed E-state index contributed by atoms with van der Waals surface area (Å²) < 4.78 is 0.528. The molecule has 1 aliphatic rings. The zero-order valence-corrected chi connectivity index (χ0v) is 11.5. The Morgan fingerprint density at radius 2 is 1.89 bits per heavy atom. The number of amides is 1. The monoisotopic (exact) mass is 323 g/mol. The number of rotatable bonds is 1. The normalized spacial score (nSPS) is 14.3. The molecule has 0 atom stereocenters. The number of allylic oxidation sites excluding steroid dienone is 1. The quantitative estimate of drug-likeness (QED) is 0.587. The summed E-state index contributed by atoms with van der Waals surface area (Å²) in [6.07, 6.45) is 0. The molecule has 1 aromatic rings. The number of nitriles is 2. The zero-order chi connectivity index (χ0) is 13.1. The van der Waals surface area contributed by atoms with E-state index in [-0.39, 0.29) is 26.4 Å². The Balaban J connectivity index is 2.51. The summed E-state index contributed by atoms with van der Waals surface area (Å²) >= 11 is 5.62. The molecule has 88 valence electrons. The number of halogens is 1. The molecule has 0 bridgehead atoms. The van der Waals surface area contributed by atoms with E-state index in [9.17, 15) is 4.79 Å². The van der Waals surface area contributed by atoms with E-state index < -0.39 is 0 Å². The van der Waals surface area contributed by atoms with E-state index in [2.05, 4.69) is 0 Å². The first-order chi connectivity index (χ1) is 8.67. The second-order valence-corrected chi connectivity index (χ2v) is 5.86. The average Bonchev–Trinajstić information content (AvgIpc) is 2.74. The molecule has 1 aromatic carbocycles. The van der Waals surface area contributed by atoms with Crippen LogP contribution in [0.1, 0.15) is 0 Å². The zero-order valence-electron chi connectivity index (χ0n) is 9.05. The van der Waals surface area contributed by atoms with Crippen molar-refractivity contribution in [2.24, 2.45) is 0 Å². The second kappa shape index (κ2) is 5.25. The molecule has 0 unspecified atom stereocenters. The van der Waals surface area contributed by atoms with Gasteiger partial charge in [-0.15, -0.1) is 0 Å². The Morgan fingerprint density at radius 3 is 2.44 bits per heavy atom. The molecule has 1 saturated heterocycles. The fourth-order valence-corrected chi connectivity index (χ4v) is 3.67. The van der Waals surface area contributed by atoms with Crippen LogP contribution in [0.2, 0.25) is 10.3 Å². The fraction of sp³-hybridized carbons (Fsp3) is 0.0833. The van der Waals surface area contributed by atoms with Crippen LogP contribution in [0.15, 0.2) is 34.4 Å². The summed E-state index contributed by atoms with van der Waals surface area (Å²) in [6, 6.07) is 10.4. The second-order valence-electron chi connectivity index (χ2n) is 3.40. The predicted octanol–water partition coefficient (Wildman–Crippen LogP) is 2.07. The SMILES string of the molecule is N#CC(C#N)=C1[Se]CC(=O)N1c1ccc(Cl)cc1. The summed E-state index contributed by atoms with van der Waals surface area (Å²) in [6.45, 7) is 0. The van der Waals surface area contributed by atoms with Gasteiger partial charge in [-0.25, -0.2) is 0 Å². The van der Waals surface area contributed by atoms with Crippen LogP contribution >= 0.6 is 11.6 Å². The van der Waals surface area contributed by atoms with Crippen molar-refractivity contribution < 1.29 is 4.79 Å². The predicted molar refractivity (Wildman–Crippen MR) is 67.8 cm³/mol. The summed E-state index contributed by atoms with van der Waals surface area (Å²) in [5.41, 5.74) is 0.651. The Hall–Kier alpha value is -1.78. The molecule has 0 aromatic heterocycles. The Morgan fingerprint density at radius 1 is 1.28 bits per heavy atom. The van der Waals surface area contributed by atoms with Crippen LogP contribution in [0.5, 0.6) is 0 Å². The number of carbonyl (C=O) groups is 1. The molecule has 0 radical (unpaired) electrons. The molecule has 4 nitrogen and oxygen atoms in total. The number of hydrogen-bond donors (Lipinski definition) is 0. The number of anilines is 1. The molecular weight excluding hydrogens is 317 g/mol. The van der Waals surface area contributed by atoms with Crippen LogP contribution in [0, 0.1) is 22.7 Å². The molecule has 2 rings (SSSR count). The molecular formula is C12H6ClN3OSe. The van der Waals surface area contributed by atoms with E-state index in [4.69, 9.17) is 22.1 Å². The number of carbonyl (C=O) groups excluding carboxylic acids is 1. The third-order valence-corrected chi connectivity index (χ3v) is 4.77. The van der Waals surface area contributed by atoms with Gasteiger partial charge in [0, 0.05) is 0 Å². The van der Waals surface area contributed by atoms with E-state index in [1.807, 2.05) is 12.1 Å². The fourth-order valence-electron chi connectivity index (χ4n) is 1.53. The van der Waals surface area contributed by atoms with Gasteiger partial charge >= 0.3 is 115 Å². The molecule has 6 heteroatoms. The van der Waals surface area contributed by atoms with Crippen molar-refractivity contribution in [1.82, 2.24) is 0 Å². The van der Waals surface area contributed by atoms with Crippen LogP contribution in [-0.4, -0.2) is 20.9 Å². The maximum absolute atomic E-state index is 11.9. The van der Waals surface area contributed by atoms with Crippen LogP contribution < -0.4 is 4.90 Å². The molecule has 0 N–H and O–H groups in total. The van der Waals surface area contributed by atoms with E-state index >= 15 is 0 Å². The molecule has 0 spiro atoms. The van der Waals surface area contributed by atoms with Crippen LogP contribution in [0.25, 0.3) is 0 Å². The standard InChI is InChI=1S/C12H6ClN3OSe/c13-9-1-3-10(4-2-9)16-11(17)7-18-12(16)8(5-14)6-15/h1-4H,7H2. The number of hydrogen-bond acceptors (Lipinski definition) is 3. The van der Waals surface area contributed by atoms with Gasteiger partial charge < -0.3 is 0 Å². The van der Waals surface area contributed by atoms with Crippen LogP contribution in [-0.2, 0) is 4.79 Å². The van der Waals surface area contributed by atoms with Crippen molar-refractivity contribution in [3.8, 4) is 12.1 Å². The minimum absolute atomic E-state index is 0.0100. The molecule has 1 amide bonds. The van der Waals surface area contributed by atoms with Gasteiger partial charge in [0.15, 0.2) is 0 Å². The third-order valence-electron chi connectivity index (χ3n) is 2.31. The molecule has 1 aliphatic heterocycles.